The zero-order valence-electron chi connectivity index (χ0n) is 17.8. The number of rotatable bonds is 8. The fourth-order valence-electron chi connectivity index (χ4n) is 3.14. The lowest BCUT2D eigenvalue weighted by Gasteiger charge is -2.18. The molecule has 0 radical (unpaired) electrons. The highest BCUT2D eigenvalue weighted by molar-refractivity contribution is 7.92. The average Bonchev–Trinajstić information content (AvgIpc) is 2.79. The van der Waals surface area contributed by atoms with Gasteiger partial charge in [0.1, 0.15) is 5.75 Å². The predicted molar refractivity (Wildman–Crippen MR) is 122 cm³/mol. The standard InChI is InChI=1S/C24H26N2O4S/c1-4-23(18-10-14-21(30-3)15-11-18)25-24(27)19-6-5-7-22(16-19)31(28,29)26-20-12-8-17(2)9-13-20/h5-16,23,26H,4H2,1-3H3,(H,25,27). The SMILES string of the molecule is CCC(NC(=O)c1cccc(S(=O)(=O)Nc2ccc(C)cc2)c1)c1ccc(OC)cc1. The molecule has 0 saturated carbocycles. The highest BCUT2D eigenvalue weighted by atomic mass is 32.2. The van der Waals surface area contributed by atoms with E-state index < -0.39 is 10.0 Å². The van der Waals surface area contributed by atoms with Crippen molar-refractivity contribution in [2.75, 3.05) is 11.8 Å². The molecule has 1 atom stereocenters. The molecule has 0 spiro atoms. The first-order chi connectivity index (χ1) is 14.8. The van der Waals surface area contributed by atoms with Crippen molar-refractivity contribution in [1.82, 2.24) is 5.32 Å². The minimum absolute atomic E-state index is 0.0261. The molecule has 1 amide bonds. The average molecular weight is 439 g/mol. The molecule has 1 unspecified atom stereocenters. The maximum atomic E-state index is 12.8. The minimum atomic E-state index is -3.82. The summed E-state index contributed by atoms with van der Waals surface area (Å²) < 4.78 is 33.3. The second-order valence-electron chi connectivity index (χ2n) is 7.21. The third-order valence-electron chi connectivity index (χ3n) is 4.94. The summed E-state index contributed by atoms with van der Waals surface area (Å²) in [7, 11) is -2.22. The van der Waals surface area contributed by atoms with Crippen LogP contribution >= 0.6 is 0 Å². The Balaban J connectivity index is 1.77. The number of benzene rings is 3. The van der Waals surface area contributed by atoms with Gasteiger partial charge in [-0.25, -0.2) is 8.42 Å². The van der Waals surface area contributed by atoms with Crippen LogP contribution < -0.4 is 14.8 Å². The molecule has 0 aliphatic carbocycles. The Morgan fingerprint density at radius 2 is 1.68 bits per heavy atom. The van der Waals surface area contributed by atoms with Gasteiger partial charge in [-0.05, 0) is 61.4 Å². The van der Waals surface area contributed by atoms with Gasteiger partial charge < -0.3 is 10.1 Å². The van der Waals surface area contributed by atoms with Crippen molar-refractivity contribution >= 4 is 21.6 Å². The van der Waals surface area contributed by atoms with Crippen molar-refractivity contribution in [1.29, 1.82) is 0 Å². The van der Waals surface area contributed by atoms with E-state index in [0.29, 0.717) is 12.1 Å². The molecule has 0 aromatic heterocycles. The number of hydrogen-bond donors (Lipinski definition) is 2. The summed E-state index contributed by atoms with van der Waals surface area (Å²) >= 11 is 0. The number of sulfonamides is 1. The van der Waals surface area contributed by atoms with Crippen molar-refractivity contribution < 1.29 is 17.9 Å². The quantitative estimate of drug-likeness (QED) is 0.535. The molecular weight excluding hydrogens is 412 g/mol. The lowest BCUT2D eigenvalue weighted by Crippen LogP contribution is -2.28. The van der Waals surface area contributed by atoms with Gasteiger partial charge >= 0.3 is 0 Å². The van der Waals surface area contributed by atoms with Crippen LogP contribution in [-0.4, -0.2) is 21.4 Å². The minimum Gasteiger partial charge on any atom is -0.497 e. The molecule has 0 fully saturated rings. The van der Waals surface area contributed by atoms with E-state index in [1.807, 2.05) is 50.2 Å². The molecule has 3 rings (SSSR count). The molecule has 3 aromatic carbocycles. The van der Waals surface area contributed by atoms with Crippen LogP contribution in [0.15, 0.2) is 77.7 Å². The lowest BCUT2D eigenvalue weighted by atomic mass is 10.0. The molecule has 6 nitrogen and oxygen atoms in total. The normalized spacial score (nSPS) is 12.1. The number of hydrogen-bond acceptors (Lipinski definition) is 4. The van der Waals surface area contributed by atoms with Crippen molar-refractivity contribution in [2.45, 2.75) is 31.2 Å². The highest BCUT2D eigenvalue weighted by Crippen LogP contribution is 2.22. The number of carbonyl (C=O) groups excluding carboxylic acids is 1. The van der Waals surface area contributed by atoms with Crippen LogP contribution in [0.2, 0.25) is 0 Å². The summed E-state index contributed by atoms with van der Waals surface area (Å²) in [6, 6.07) is 20.3. The summed E-state index contributed by atoms with van der Waals surface area (Å²) in [5, 5.41) is 2.98. The summed E-state index contributed by atoms with van der Waals surface area (Å²) in [5.41, 5.74) is 2.72. The zero-order chi connectivity index (χ0) is 22.4. The van der Waals surface area contributed by atoms with Gasteiger partial charge in [0.15, 0.2) is 0 Å². The number of amides is 1. The Labute approximate surface area is 183 Å². The number of aryl methyl sites for hydroxylation is 1. The van der Waals surface area contributed by atoms with Gasteiger partial charge in [0.05, 0.1) is 18.0 Å². The fourth-order valence-corrected chi connectivity index (χ4v) is 4.24. The third-order valence-corrected chi connectivity index (χ3v) is 6.32. The second kappa shape index (κ2) is 9.66. The Morgan fingerprint density at radius 1 is 1.00 bits per heavy atom. The van der Waals surface area contributed by atoms with Crippen LogP contribution in [0, 0.1) is 6.92 Å². The Kier molecular flexibility index (Phi) is 6.97. The van der Waals surface area contributed by atoms with Crippen LogP contribution in [0.1, 0.15) is 40.9 Å². The maximum Gasteiger partial charge on any atom is 0.261 e. The van der Waals surface area contributed by atoms with E-state index in [1.54, 1.807) is 31.4 Å². The molecule has 0 heterocycles. The van der Waals surface area contributed by atoms with Crippen molar-refractivity contribution in [2.24, 2.45) is 0 Å². The summed E-state index contributed by atoms with van der Waals surface area (Å²) in [4.78, 5) is 12.9. The molecule has 3 aromatic rings. The molecule has 0 saturated heterocycles. The van der Waals surface area contributed by atoms with E-state index in [0.717, 1.165) is 16.9 Å². The van der Waals surface area contributed by atoms with Crippen molar-refractivity contribution in [3.05, 3.63) is 89.5 Å². The van der Waals surface area contributed by atoms with E-state index in [9.17, 15) is 13.2 Å². The predicted octanol–water partition coefficient (Wildman–Crippen LogP) is 4.69. The Morgan fingerprint density at radius 3 is 2.29 bits per heavy atom. The van der Waals surface area contributed by atoms with Gasteiger partial charge in [0.25, 0.3) is 15.9 Å². The molecule has 0 aliphatic rings. The smallest absolute Gasteiger partial charge is 0.261 e. The van der Waals surface area contributed by atoms with E-state index in [-0.39, 0.29) is 22.4 Å². The Bertz CT molecular complexity index is 1140. The molecule has 2 N–H and O–H groups in total. The highest BCUT2D eigenvalue weighted by Gasteiger charge is 2.19. The van der Waals surface area contributed by atoms with E-state index in [1.165, 1.54) is 12.1 Å². The van der Waals surface area contributed by atoms with Crippen LogP contribution in [0.3, 0.4) is 0 Å². The summed E-state index contributed by atoms with van der Waals surface area (Å²) in [5.74, 6) is 0.402. The van der Waals surface area contributed by atoms with Crippen molar-refractivity contribution in [3.8, 4) is 5.75 Å². The van der Waals surface area contributed by atoms with Gasteiger partial charge in [0.2, 0.25) is 0 Å². The van der Waals surface area contributed by atoms with Gasteiger partial charge in [-0.3, -0.25) is 9.52 Å². The molecular formula is C24H26N2O4S. The maximum absolute atomic E-state index is 12.8. The van der Waals surface area contributed by atoms with E-state index in [4.69, 9.17) is 4.74 Å². The van der Waals surface area contributed by atoms with Gasteiger partial charge in [-0.1, -0.05) is 42.8 Å². The molecule has 31 heavy (non-hydrogen) atoms. The molecule has 0 bridgehead atoms. The first kappa shape index (κ1) is 22.4. The summed E-state index contributed by atoms with van der Waals surface area (Å²) in [6.45, 7) is 3.90. The lowest BCUT2D eigenvalue weighted by molar-refractivity contribution is 0.0935. The first-order valence-corrected chi connectivity index (χ1v) is 11.4. The van der Waals surface area contributed by atoms with Gasteiger partial charge in [-0.15, -0.1) is 0 Å². The number of carbonyl (C=O) groups is 1. The number of anilines is 1. The van der Waals surface area contributed by atoms with Crippen LogP contribution in [-0.2, 0) is 10.0 Å². The largest absolute Gasteiger partial charge is 0.497 e. The molecule has 0 aliphatic heterocycles. The zero-order valence-corrected chi connectivity index (χ0v) is 18.6. The topological polar surface area (TPSA) is 84.5 Å². The second-order valence-corrected chi connectivity index (χ2v) is 8.89. The van der Waals surface area contributed by atoms with Gasteiger partial charge in [-0.2, -0.15) is 0 Å². The number of ether oxygens (including phenoxy) is 1. The Hall–Kier alpha value is -3.32. The van der Waals surface area contributed by atoms with Crippen LogP contribution in [0.25, 0.3) is 0 Å². The third kappa shape index (κ3) is 5.64. The van der Waals surface area contributed by atoms with Gasteiger partial charge in [0, 0.05) is 11.3 Å². The monoisotopic (exact) mass is 438 g/mol. The first-order valence-electron chi connectivity index (χ1n) is 9.96. The van der Waals surface area contributed by atoms with Crippen LogP contribution in [0.5, 0.6) is 5.75 Å². The van der Waals surface area contributed by atoms with E-state index in [2.05, 4.69) is 10.0 Å². The van der Waals surface area contributed by atoms with E-state index >= 15 is 0 Å². The number of methoxy groups -OCH3 is 1. The summed E-state index contributed by atoms with van der Waals surface area (Å²) in [6.07, 6.45) is 0.686. The fraction of sp³-hybridized carbons (Fsp3) is 0.208. The molecule has 162 valence electrons. The molecule has 7 heteroatoms. The van der Waals surface area contributed by atoms with Crippen LogP contribution in [0.4, 0.5) is 5.69 Å². The van der Waals surface area contributed by atoms with Crippen molar-refractivity contribution in [3.63, 3.8) is 0 Å². The number of nitrogens with one attached hydrogen (secondary N) is 2.